The molecule has 8 heteroatoms. The van der Waals surface area contributed by atoms with E-state index < -0.39 is 21.4 Å². The van der Waals surface area contributed by atoms with E-state index in [1.807, 2.05) is 6.92 Å². The average Bonchev–Trinajstić information content (AvgIpc) is 2.48. The minimum atomic E-state index is -0.878. The highest BCUT2D eigenvalue weighted by Crippen LogP contribution is 2.46. The number of hydrogen-bond donors (Lipinski definition) is 1. The van der Waals surface area contributed by atoms with E-state index in [0.717, 1.165) is 25.0 Å². The van der Waals surface area contributed by atoms with Crippen molar-refractivity contribution < 1.29 is 14.6 Å². The second-order valence-electron chi connectivity index (χ2n) is 6.18. The number of benzene rings is 1. The maximum Gasteiger partial charge on any atom is 0.280 e. The lowest BCUT2D eigenvalue weighted by molar-refractivity contribution is -0.394. The summed E-state index contributed by atoms with van der Waals surface area (Å²) in [5.74, 6) is -0.606. The molecule has 3 atom stereocenters. The highest BCUT2D eigenvalue weighted by atomic mass is 16.6. The second kappa shape index (κ2) is 6.31. The molecule has 0 heterocycles. The van der Waals surface area contributed by atoms with Crippen molar-refractivity contribution in [1.82, 2.24) is 0 Å². The summed E-state index contributed by atoms with van der Waals surface area (Å²) >= 11 is 0. The fourth-order valence-electron chi connectivity index (χ4n) is 3.46. The van der Waals surface area contributed by atoms with Crippen LogP contribution in [0.15, 0.2) is 12.1 Å². The van der Waals surface area contributed by atoms with Gasteiger partial charge in [0.25, 0.3) is 11.4 Å². The Balaban J connectivity index is 2.71. The number of nitrogens with two attached hydrogens (primary N) is 1. The molecule has 1 aromatic carbocycles. The van der Waals surface area contributed by atoms with E-state index in [2.05, 4.69) is 6.92 Å². The topological polar surface area (TPSA) is 129 Å². The van der Waals surface area contributed by atoms with Crippen LogP contribution in [0.5, 0.6) is 0 Å². The number of hydrogen-bond acceptors (Lipinski definition) is 5. The number of amides is 1. The van der Waals surface area contributed by atoms with Crippen LogP contribution in [0.4, 0.5) is 11.4 Å². The van der Waals surface area contributed by atoms with Crippen molar-refractivity contribution in [3.63, 3.8) is 0 Å². The van der Waals surface area contributed by atoms with Crippen LogP contribution >= 0.6 is 0 Å². The molecule has 1 aliphatic carbocycles. The quantitative estimate of drug-likeness (QED) is 0.672. The Kier molecular flexibility index (Phi) is 4.63. The summed E-state index contributed by atoms with van der Waals surface area (Å²) < 4.78 is 0. The third-order valence-electron chi connectivity index (χ3n) is 4.89. The molecule has 0 radical (unpaired) electrons. The largest absolute Gasteiger partial charge is 0.366 e. The molecule has 23 heavy (non-hydrogen) atoms. The number of carbonyl (C=O) groups excluding carboxylic acids is 1. The van der Waals surface area contributed by atoms with E-state index in [-0.39, 0.29) is 28.7 Å². The Morgan fingerprint density at radius 3 is 2.35 bits per heavy atom. The zero-order chi connectivity index (χ0) is 17.3. The number of primary amides is 1. The predicted molar refractivity (Wildman–Crippen MR) is 83.2 cm³/mol. The molecular formula is C15H19N3O5. The van der Waals surface area contributed by atoms with Crippen LogP contribution in [-0.4, -0.2) is 15.8 Å². The summed E-state index contributed by atoms with van der Waals surface area (Å²) in [6.07, 6.45) is 2.61. The second-order valence-corrected chi connectivity index (χ2v) is 6.18. The first-order chi connectivity index (χ1) is 10.7. The van der Waals surface area contributed by atoms with Crippen molar-refractivity contribution in [2.75, 3.05) is 0 Å². The van der Waals surface area contributed by atoms with Gasteiger partial charge in [-0.15, -0.1) is 0 Å². The van der Waals surface area contributed by atoms with Crippen molar-refractivity contribution in [2.45, 2.75) is 39.0 Å². The van der Waals surface area contributed by atoms with E-state index in [9.17, 15) is 25.0 Å². The van der Waals surface area contributed by atoms with Crippen LogP contribution in [0, 0.1) is 32.1 Å². The average molecular weight is 321 g/mol. The molecule has 0 saturated heterocycles. The van der Waals surface area contributed by atoms with Gasteiger partial charge >= 0.3 is 0 Å². The molecule has 124 valence electrons. The lowest BCUT2D eigenvalue weighted by Crippen LogP contribution is -2.26. The van der Waals surface area contributed by atoms with Gasteiger partial charge < -0.3 is 5.73 Å². The maximum atomic E-state index is 11.8. The van der Waals surface area contributed by atoms with Gasteiger partial charge in [-0.1, -0.05) is 26.7 Å². The number of non-ortho nitro benzene ring substituents is 1. The molecule has 1 fully saturated rings. The fourth-order valence-corrected chi connectivity index (χ4v) is 3.46. The van der Waals surface area contributed by atoms with Gasteiger partial charge in [0.15, 0.2) is 0 Å². The number of rotatable bonds is 4. The fraction of sp³-hybridized carbons (Fsp3) is 0.533. The Morgan fingerprint density at radius 1 is 1.17 bits per heavy atom. The van der Waals surface area contributed by atoms with Crippen LogP contribution in [0.1, 0.15) is 54.9 Å². The summed E-state index contributed by atoms with van der Waals surface area (Å²) in [5, 5.41) is 22.4. The minimum Gasteiger partial charge on any atom is -0.366 e. The monoisotopic (exact) mass is 321 g/mol. The van der Waals surface area contributed by atoms with Crippen molar-refractivity contribution in [3.8, 4) is 0 Å². The summed E-state index contributed by atoms with van der Waals surface area (Å²) in [7, 11) is 0. The zero-order valence-electron chi connectivity index (χ0n) is 13.0. The van der Waals surface area contributed by atoms with Gasteiger partial charge in [-0.05, 0) is 24.2 Å². The Labute approximate surface area is 133 Å². The number of nitro benzene ring substituents is 2. The molecule has 0 bridgehead atoms. The van der Waals surface area contributed by atoms with Crippen LogP contribution in [0.3, 0.4) is 0 Å². The van der Waals surface area contributed by atoms with E-state index in [4.69, 9.17) is 5.73 Å². The molecule has 1 aromatic rings. The van der Waals surface area contributed by atoms with Crippen molar-refractivity contribution in [3.05, 3.63) is 43.5 Å². The standard InChI is InChI=1S/C15H19N3O5/c1-8-4-3-5-11(9(8)2)14-12(15(16)19)6-10(17(20)21)7-13(14)18(22)23/h6-9,11H,3-5H2,1-2H3,(H2,16,19). The van der Waals surface area contributed by atoms with Gasteiger partial charge in [0.2, 0.25) is 5.91 Å². The number of nitro groups is 2. The molecule has 2 rings (SSSR count). The molecule has 1 saturated carbocycles. The summed E-state index contributed by atoms with van der Waals surface area (Å²) in [6, 6.07) is 1.98. The van der Waals surface area contributed by atoms with E-state index in [1.165, 1.54) is 0 Å². The van der Waals surface area contributed by atoms with E-state index in [0.29, 0.717) is 12.3 Å². The van der Waals surface area contributed by atoms with Crippen LogP contribution < -0.4 is 5.73 Å². The smallest absolute Gasteiger partial charge is 0.280 e. The molecular weight excluding hydrogens is 302 g/mol. The molecule has 1 amide bonds. The first-order valence-corrected chi connectivity index (χ1v) is 7.50. The SMILES string of the molecule is CC1CCCC(c2c(C(N)=O)cc([N+](=O)[O-])cc2[N+](=O)[O-])C1C. The lowest BCUT2D eigenvalue weighted by Gasteiger charge is -2.34. The van der Waals surface area contributed by atoms with Crippen LogP contribution in [0.25, 0.3) is 0 Å². The van der Waals surface area contributed by atoms with Crippen molar-refractivity contribution in [2.24, 2.45) is 17.6 Å². The van der Waals surface area contributed by atoms with Crippen LogP contribution in [0.2, 0.25) is 0 Å². The highest BCUT2D eigenvalue weighted by molar-refractivity contribution is 5.96. The van der Waals surface area contributed by atoms with Gasteiger partial charge in [-0.2, -0.15) is 0 Å². The van der Waals surface area contributed by atoms with Gasteiger partial charge in [-0.25, -0.2) is 0 Å². The normalized spacial score (nSPS) is 24.2. The Hall–Kier alpha value is -2.51. The van der Waals surface area contributed by atoms with Gasteiger partial charge in [0, 0.05) is 11.6 Å². The third kappa shape index (κ3) is 3.15. The van der Waals surface area contributed by atoms with Crippen molar-refractivity contribution >= 4 is 17.3 Å². The molecule has 3 unspecified atom stereocenters. The predicted octanol–water partition coefficient (Wildman–Crippen LogP) is 3.14. The third-order valence-corrected chi connectivity index (χ3v) is 4.89. The highest BCUT2D eigenvalue weighted by Gasteiger charge is 2.37. The first-order valence-electron chi connectivity index (χ1n) is 7.50. The molecule has 2 N–H and O–H groups in total. The Bertz CT molecular complexity index is 638. The molecule has 1 aliphatic rings. The van der Waals surface area contributed by atoms with Crippen LogP contribution in [-0.2, 0) is 0 Å². The first kappa shape index (κ1) is 16.9. The molecule has 8 nitrogen and oxygen atoms in total. The van der Waals surface area contributed by atoms with E-state index >= 15 is 0 Å². The molecule has 0 aliphatic heterocycles. The zero-order valence-corrected chi connectivity index (χ0v) is 13.0. The lowest BCUT2D eigenvalue weighted by atomic mass is 9.69. The molecule has 0 spiro atoms. The Morgan fingerprint density at radius 2 is 1.83 bits per heavy atom. The minimum absolute atomic E-state index is 0.114. The van der Waals surface area contributed by atoms with Gasteiger partial charge in [0.05, 0.1) is 21.5 Å². The number of nitrogens with zero attached hydrogens (tertiary/aromatic N) is 2. The summed E-state index contributed by atoms with van der Waals surface area (Å²) in [6.45, 7) is 4.06. The summed E-state index contributed by atoms with van der Waals surface area (Å²) in [5.41, 5.74) is 4.60. The molecule has 0 aromatic heterocycles. The summed E-state index contributed by atoms with van der Waals surface area (Å²) in [4.78, 5) is 32.8. The number of carbonyl (C=O) groups is 1. The van der Waals surface area contributed by atoms with Crippen molar-refractivity contribution in [1.29, 1.82) is 0 Å². The van der Waals surface area contributed by atoms with Gasteiger partial charge in [0.1, 0.15) is 0 Å². The van der Waals surface area contributed by atoms with E-state index in [1.54, 1.807) is 0 Å². The maximum absolute atomic E-state index is 11.8. The van der Waals surface area contributed by atoms with Gasteiger partial charge in [-0.3, -0.25) is 25.0 Å².